The smallest absolute Gasteiger partial charge is 0.433 e. The molecule has 1 fully saturated rings. The molecule has 1 saturated carbocycles. The van der Waals surface area contributed by atoms with E-state index in [0.29, 0.717) is 11.3 Å². The van der Waals surface area contributed by atoms with E-state index in [2.05, 4.69) is 15.2 Å². The number of aryl methyl sites for hydroxylation is 2. The maximum absolute atomic E-state index is 12.9. The Hall–Kier alpha value is -2.65. The summed E-state index contributed by atoms with van der Waals surface area (Å²) in [7, 11) is 0. The van der Waals surface area contributed by atoms with Crippen molar-refractivity contribution in [3.8, 4) is 5.75 Å². The molecule has 28 heavy (non-hydrogen) atoms. The summed E-state index contributed by atoms with van der Waals surface area (Å²) in [6, 6.07) is 5.42. The fraction of sp³-hybridized carbons (Fsp3) is 0.444. The maximum Gasteiger partial charge on any atom is 0.435 e. The van der Waals surface area contributed by atoms with Crippen LogP contribution < -0.4 is 10.1 Å². The monoisotopic (exact) mass is 403 g/mol. The number of hydrogen-bond acceptors (Lipinski definition) is 3. The number of ether oxygens (including phenoxy) is 1. The zero-order chi connectivity index (χ0) is 20.5. The fourth-order valence-corrected chi connectivity index (χ4v) is 2.80. The van der Waals surface area contributed by atoms with Gasteiger partial charge in [0, 0.05) is 24.6 Å². The van der Waals surface area contributed by atoms with E-state index < -0.39 is 24.4 Å². The van der Waals surface area contributed by atoms with Gasteiger partial charge in [0.2, 0.25) is 5.91 Å². The average molecular weight is 403 g/mol. The minimum absolute atomic E-state index is 0.0230. The quantitative estimate of drug-likeness (QED) is 0.681. The van der Waals surface area contributed by atoms with Crippen LogP contribution in [0.2, 0.25) is 0 Å². The van der Waals surface area contributed by atoms with Gasteiger partial charge in [-0.3, -0.25) is 9.48 Å². The Morgan fingerprint density at radius 2 is 2.04 bits per heavy atom. The second kappa shape index (κ2) is 7.76. The molecule has 0 radical (unpaired) electrons. The van der Waals surface area contributed by atoms with Gasteiger partial charge in [0.25, 0.3) is 0 Å². The number of amides is 1. The molecule has 0 bridgehead atoms. The first-order valence-electron chi connectivity index (χ1n) is 8.63. The Bertz CT molecular complexity index is 859. The van der Waals surface area contributed by atoms with Crippen molar-refractivity contribution in [3.05, 3.63) is 41.2 Å². The molecular weight excluding hydrogens is 385 g/mol. The second-order valence-corrected chi connectivity index (χ2v) is 6.63. The average Bonchev–Trinajstić information content (AvgIpc) is 3.33. The van der Waals surface area contributed by atoms with E-state index in [-0.39, 0.29) is 30.3 Å². The minimum Gasteiger partial charge on any atom is -0.433 e. The molecule has 1 amide bonds. The lowest BCUT2D eigenvalue weighted by atomic mass is 10.2. The molecule has 0 spiro atoms. The van der Waals surface area contributed by atoms with Crippen LogP contribution in [0.1, 0.15) is 42.1 Å². The number of alkyl halides is 5. The molecule has 0 aliphatic heterocycles. The number of nitrogens with one attached hydrogen (secondary N) is 1. The van der Waals surface area contributed by atoms with Crippen LogP contribution >= 0.6 is 0 Å². The normalized spacial score (nSPS) is 14.4. The SMILES string of the molecule is Cc1ccc(NC(=O)CCn2nc(C(F)(F)F)cc2C2CC2)c(OC(F)F)c1. The first-order chi connectivity index (χ1) is 13.1. The highest BCUT2D eigenvalue weighted by Gasteiger charge is 2.37. The maximum atomic E-state index is 12.9. The number of anilines is 1. The molecular formula is C18H18F5N3O2. The van der Waals surface area contributed by atoms with E-state index in [1.54, 1.807) is 13.0 Å². The first kappa shape index (κ1) is 20.1. The van der Waals surface area contributed by atoms with Gasteiger partial charge in [0.05, 0.1) is 5.69 Å². The summed E-state index contributed by atoms with van der Waals surface area (Å²) in [5, 5.41) is 6.03. The number of carbonyl (C=O) groups excluding carboxylic acids is 1. The third kappa shape index (κ3) is 4.99. The molecule has 5 nitrogen and oxygen atoms in total. The fourth-order valence-electron chi connectivity index (χ4n) is 2.80. The summed E-state index contributed by atoms with van der Waals surface area (Å²) in [4.78, 5) is 12.2. The Morgan fingerprint density at radius 3 is 2.64 bits per heavy atom. The molecule has 1 N–H and O–H groups in total. The van der Waals surface area contributed by atoms with Crippen LogP contribution in [0.25, 0.3) is 0 Å². The van der Waals surface area contributed by atoms with Gasteiger partial charge in [-0.1, -0.05) is 6.07 Å². The topological polar surface area (TPSA) is 56.2 Å². The number of nitrogens with zero attached hydrogens (tertiary/aromatic N) is 2. The van der Waals surface area contributed by atoms with E-state index >= 15 is 0 Å². The summed E-state index contributed by atoms with van der Waals surface area (Å²) < 4.78 is 69.4. The van der Waals surface area contributed by atoms with Gasteiger partial charge in [-0.25, -0.2) is 0 Å². The van der Waals surface area contributed by atoms with Crippen molar-refractivity contribution < 1.29 is 31.5 Å². The summed E-state index contributed by atoms with van der Waals surface area (Å²) in [5.41, 5.74) is 0.201. The van der Waals surface area contributed by atoms with E-state index in [1.807, 2.05) is 0 Å². The van der Waals surface area contributed by atoms with Crippen molar-refractivity contribution >= 4 is 11.6 Å². The predicted molar refractivity (Wildman–Crippen MR) is 90.3 cm³/mol. The van der Waals surface area contributed by atoms with Crippen LogP contribution in [0, 0.1) is 6.92 Å². The van der Waals surface area contributed by atoms with Crippen molar-refractivity contribution in [1.29, 1.82) is 0 Å². The van der Waals surface area contributed by atoms with Crippen LogP contribution in [0.3, 0.4) is 0 Å². The number of halogens is 5. The Morgan fingerprint density at radius 1 is 1.32 bits per heavy atom. The predicted octanol–water partition coefficient (Wildman–Crippen LogP) is 4.72. The van der Waals surface area contributed by atoms with Crippen molar-refractivity contribution in [2.24, 2.45) is 0 Å². The van der Waals surface area contributed by atoms with Crippen molar-refractivity contribution in [1.82, 2.24) is 9.78 Å². The molecule has 10 heteroatoms. The van der Waals surface area contributed by atoms with E-state index in [0.717, 1.165) is 18.9 Å². The standard InChI is InChI=1S/C18H18F5N3O2/c1-10-2-5-12(14(8-10)28-17(19)20)24-16(27)6-7-26-13(11-3-4-11)9-15(25-26)18(21,22)23/h2,5,8-9,11,17H,3-4,6-7H2,1H3,(H,24,27). The van der Waals surface area contributed by atoms with E-state index in [4.69, 9.17) is 0 Å². The van der Waals surface area contributed by atoms with Gasteiger partial charge < -0.3 is 10.1 Å². The molecule has 0 atom stereocenters. The lowest BCUT2D eigenvalue weighted by Crippen LogP contribution is -2.17. The van der Waals surface area contributed by atoms with Crippen molar-refractivity contribution in [2.75, 3.05) is 5.32 Å². The summed E-state index contributed by atoms with van der Waals surface area (Å²) in [5.74, 6) is -0.705. The zero-order valence-electron chi connectivity index (χ0n) is 14.9. The number of hydrogen-bond donors (Lipinski definition) is 1. The van der Waals surface area contributed by atoms with Crippen LogP contribution in [-0.4, -0.2) is 22.3 Å². The lowest BCUT2D eigenvalue weighted by Gasteiger charge is -2.13. The third-order valence-electron chi connectivity index (χ3n) is 4.28. The van der Waals surface area contributed by atoms with Crippen LogP contribution in [-0.2, 0) is 17.5 Å². The first-order valence-corrected chi connectivity index (χ1v) is 8.63. The van der Waals surface area contributed by atoms with Crippen LogP contribution in [0.4, 0.5) is 27.6 Å². The molecule has 2 aromatic rings. The van der Waals surface area contributed by atoms with Gasteiger partial charge in [0.1, 0.15) is 5.75 Å². The largest absolute Gasteiger partial charge is 0.435 e. The van der Waals surface area contributed by atoms with E-state index in [1.165, 1.54) is 16.8 Å². The third-order valence-corrected chi connectivity index (χ3v) is 4.28. The Kier molecular flexibility index (Phi) is 5.57. The van der Waals surface area contributed by atoms with E-state index in [9.17, 15) is 26.7 Å². The van der Waals surface area contributed by atoms with Crippen LogP contribution in [0.5, 0.6) is 5.75 Å². The molecule has 152 valence electrons. The number of carbonyl (C=O) groups is 1. The Labute approximate surface area is 157 Å². The number of aromatic nitrogens is 2. The molecule has 1 aliphatic rings. The van der Waals surface area contributed by atoms with Gasteiger partial charge in [-0.05, 0) is 43.5 Å². The highest BCUT2D eigenvalue weighted by molar-refractivity contribution is 5.92. The van der Waals surface area contributed by atoms with Gasteiger partial charge >= 0.3 is 12.8 Å². The van der Waals surface area contributed by atoms with Crippen molar-refractivity contribution in [3.63, 3.8) is 0 Å². The molecule has 3 rings (SSSR count). The molecule has 1 heterocycles. The molecule has 0 saturated heterocycles. The minimum atomic E-state index is -4.56. The van der Waals surface area contributed by atoms with Crippen LogP contribution in [0.15, 0.2) is 24.3 Å². The highest BCUT2D eigenvalue weighted by atomic mass is 19.4. The number of benzene rings is 1. The second-order valence-electron chi connectivity index (χ2n) is 6.63. The van der Waals surface area contributed by atoms with Gasteiger partial charge in [0.15, 0.2) is 5.69 Å². The Balaban J connectivity index is 1.68. The highest BCUT2D eigenvalue weighted by Crippen LogP contribution is 2.42. The molecule has 1 aromatic heterocycles. The summed E-state index contributed by atoms with van der Waals surface area (Å²) >= 11 is 0. The molecule has 1 aromatic carbocycles. The van der Waals surface area contributed by atoms with Gasteiger partial charge in [-0.15, -0.1) is 0 Å². The molecule has 1 aliphatic carbocycles. The van der Waals surface area contributed by atoms with Crippen molar-refractivity contribution in [2.45, 2.75) is 51.4 Å². The molecule has 0 unspecified atom stereocenters. The zero-order valence-corrected chi connectivity index (χ0v) is 14.9. The van der Waals surface area contributed by atoms with Gasteiger partial charge in [-0.2, -0.15) is 27.1 Å². The number of rotatable bonds is 7. The summed E-state index contributed by atoms with van der Waals surface area (Å²) in [6.45, 7) is -1.42. The summed E-state index contributed by atoms with van der Waals surface area (Å²) in [6.07, 6.45) is -3.15. The lowest BCUT2D eigenvalue weighted by molar-refractivity contribution is -0.141.